The van der Waals surface area contributed by atoms with Crippen LogP contribution in [0.4, 0.5) is 0 Å². The summed E-state index contributed by atoms with van der Waals surface area (Å²) in [6.45, 7) is 2.63. The first kappa shape index (κ1) is 13.4. The Morgan fingerprint density at radius 2 is 2.35 bits per heavy atom. The van der Waals surface area contributed by atoms with E-state index in [1.807, 2.05) is 20.2 Å². The van der Waals surface area contributed by atoms with Crippen LogP contribution in [0, 0.1) is 0 Å². The van der Waals surface area contributed by atoms with Crippen molar-refractivity contribution < 1.29 is 5.21 Å². The second-order valence-corrected chi connectivity index (χ2v) is 4.01. The summed E-state index contributed by atoms with van der Waals surface area (Å²) in [6.07, 6.45) is 1.65. The third-order valence-corrected chi connectivity index (χ3v) is 2.26. The highest BCUT2D eigenvalue weighted by molar-refractivity contribution is 5.95. The van der Waals surface area contributed by atoms with Gasteiger partial charge in [-0.1, -0.05) is 5.16 Å². The van der Waals surface area contributed by atoms with Gasteiger partial charge in [0, 0.05) is 25.8 Å². The lowest BCUT2D eigenvalue weighted by molar-refractivity contribution is 0.318. The Morgan fingerprint density at radius 3 is 3.00 bits per heavy atom. The van der Waals surface area contributed by atoms with Crippen LogP contribution in [0.5, 0.6) is 0 Å². The van der Waals surface area contributed by atoms with E-state index >= 15 is 0 Å². The lowest BCUT2D eigenvalue weighted by atomic mass is 10.2. The van der Waals surface area contributed by atoms with Gasteiger partial charge in [-0.15, -0.1) is 0 Å². The Morgan fingerprint density at radius 1 is 1.59 bits per heavy atom. The molecule has 0 amide bonds. The Kier molecular flexibility index (Phi) is 5.38. The number of nitrogens with two attached hydrogens (primary N) is 1. The Labute approximate surface area is 101 Å². The van der Waals surface area contributed by atoms with E-state index in [-0.39, 0.29) is 5.84 Å². The predicted molar refractivity (Wildman–Crippen MR) is 67.0 cm³/mol. The molecule has 0 saturated carbocycles. The van der Waals surface area contributed by atoms with E-state index in [0.717, 1.165) is 25.2 Å². The largest absolute Gasteiger partial charge is 0.409 e. The van der Waals surface area contributed by atoms with Crippen LogP contribution in [-0.4, -0.2) is 48.1 Å². The molecule has 0 fully saturated rings. The van der Waals surface area contributed by atoms with E-state index < -0.39 is 0 Å². The van der Waals surface area contributed by atoms with Crippen LogP contribution in [-0.2, 0) is 6.54 Å². The molecule has 0 aromatic carbocycles. The molecular weight excluding hydrogens is 218 g/mol. The molecular formula is C11H19N5O. The molecule has 0 bridgehead atoms. The number of pyridine rings is 1. The van der Waals surface area contributed by atoms with E-state index in [2.05, 4.69) is 20.4 Å². The predicted octanol–water partition coefficient (Wildman–Crippen LogP) is -0.173. The Bertz CT molecular complexity index is 378. The highest BCUT2D eigenvalue weighted by Crippen LogP contribution is 2.01. The van der Waals surface area contributed by atoms with Gasteiger partial charge in [-0.2, -0.15) is 0 Å². The van der Waals surface area contributed by atoms with Crippen molar-refractivity contribution in [3.63, 3.8) is 0 Å². The van der Waals surface area contributed by atoms with E-state index in [1.54, 1.807) is 12.3 Å². The average Bonchev–Trinajstić information content (AvgIpc) is 2.34. The van der Waals surface area contributed by atoms with E-state index in [0.29, 0.717) is 5.69 Å². The van der Waals surface area contributed by atoms with Crippen LogP contribution in [0.1, 0.15) is 11.3 Å². The Hall–Kier alpha value is -1.66. The summed E-state index contributed by atoms with van der Waals surface area (Å²) in [5.74, 6) is 0.0279. The smallest absolute Gasteiger partial charge is 0.188 e. The summed E-state index contributed by atoms with van der Waals surface area (Å²) in [5.41, 5.74) is 7.01. The number of hydrogen-bond donors (Lipinski definition) is 3. The molecule has 0 aliphatic heterocycles. The lowest BCUT2D eigenvalue weighted by Gasteiger charge is -2.10. The average molecular weight is 237 g/mol. The maximum atomic E-state index is 8.56. The van der Waals surface area contributed by atoms with Crippen molar-refractivity contribution >= 4 is 5.84 Å². The van der Waals surface area contributed by atoms with Crippen LogP contribution in [0.15, 0.2) is 23.5 Å². The first-order valence-corrected chi connectivity index (χ1v) is 5.41. The van der Waals surface area contributed by atoms with Gasteiger partial charge < -0.3 is 21.2 Å². The molecule has 0 unspecified atom stereocenters. The van der Waals surface area contributed by atoms with Crippen molar-refractivity contribution in [3.05, 3.63) is 29.6 Å². The summed E-state index contributed by atoms with van der Waals surface area (Å²) in [5, 5.41) is 14.8. The number of oxime groups is 1. The normalized spacial score (nSPS) is 12.1. The summed E-state index contributed by atoms with van der Waals surface area (Å²) in [4.78, 5) is 6.13. The second-order valence-electron chi connectivity index (χ2n) is 4.01. The van der Waals surface area contributed by atoms with Crippen LogP contribution in [0.3, 0.4) is 0 Å². The fraction of sp³-hybridized carbons (Fsp3) is 0.455. The highest BCUT2D eigenvalue weighted by atomic mass is 16.4. The molecule has 4 N–H and O–H groups in total. The number of hydrogen-bond acceptors (Lipinski definition) is 5. The van der Waals surface area contributed by atoms with Crippen LogP contribution >= 0.6 is 0 Å². The maximum Gasteiger partial charge on any atom is 0.188 e. The molecule has 0 spiro atoms. The van der Waals surface area contributed by atoms with Crippen LogP contribution in [0.2, 0.25) is 0 Å². The lowest BCUT2D eigenvalue weighted by Crippen LogP contribution is -2.26. The van der Waals surface area contributed by atoms with Gasteiger partial charge in [0.25, 0.3) is 0 Å². The van der Waals surface area contributed by atoms with Crippen LogP contribution < -0.4 is 11.1 Å². The molecule has 0 saturated heterocycles. The number of aromatic nitrogens is 1. The molecule has 0 atom stereocenters. The van der Waals surface area contributed by atoms with Crippen molar-refractivity contribution in [3.8, 4) is 0 Å². The van der Waals surface area contributed by atoms with Gasteiger partial charge in [-0.3, -0.25) is 4.98 Å². The second kappa shape index (κ2) is 6.82. The first-order valence-electron chi connectivity index (χ1n) is 5.41. The van der Waals surface area contributed by atoms with Gasteiger partial charge in [0.05, 0.1) is 0 Å². The minimum Gasteiger partial charge on any atom is -0.409 e. The van der Waals surface area contributed by atoms with Gasteiger partial charge in [-0.25, -0.2) is 0 Å². The van der Waals surface area contributed by atoms with Gasteiger partial charge in [-0.05, 0) is 31.8 Å². The summed E-state index contributed by atoms with van der Waals surface area (Å²) < 4.78 is 0. The molecule has 17 heavy (non-hydrogen) atoms. The molecule has 0 radical (unpaired) electrons. The molecule has 6 heteroatoms. The summed E-state index contributed by atoms with van der Waals surface area (Å²) >= 11 is 0. The van der Waals surface area contributed by atoms with E-state index in [1.165, 1.54) is 0 Å². The van der Waals surface area contributed by atoms with Gasteiger partial charge in [0.2, 0.25) is 0 Å². The minimum atomic E-state index is 0.0279. The number of rotatable bonds is 6. The zero-order valence-corrected chi connectivity index (χ0v) is 10.2. The van der Waals surface area contributed by atoms with Gasteiger partial charge in [0.1, 0.15) is 5.69 Å². The number of amidine groups is 1. The van der Waals surface area contributed by atoms with Crippen molar-refractivity contribution in [1.29, 1.82) is 0 Å². The fourth-order valence-corrected chi connectivity index (χ4v) is 1.31. The zero-order valence-electron chi connectivity index (χ0n) is 10.2. The molecule has 1 aromatic heterocycles. The van der Waals surface area contributed by atoms with Gasteiger partial charge >= 0.3 is 0 Å². The van der Waals surface area contributed by atoms with Crippen molar-refractivity contribution in [2.24, 2.45) is 10.9 Å². The zero-order chi connectivity index (χ0) is 12.7. The number of nitrogens with zero attached hydrogens (tertiary/aromatic N) is 3. The minimum absolute atomic E-state index is 0.0279. The topological polar surface area (TPSA) is 86.8 Å². The summed E-state index contributed by atoms with van der Waals surface area (Å²) in [7, 11) is 4.06. The monoisotopic (exact) mass is 237 g/mol. The molecule has 1 rings (SSSR count). The number of likely N-dealkylation sites (N-methyl/N-ethyl adjacent to an activating group) is 1. The Balaban J connectivity index is 2.49. The molecule has 0 aliphatic carbocycles. The molecule has 94 valence electrons. The standard InChI is InChI=1S/C11H19N5O/c1-16(2)6-5-13-8-9-3-4-14-10(7-9)11(12)15-17/h3-4,7,13,17H,5-6,8H2,1-2H3,(H2,12,15). The maximum absolute atomic E-state index is 8.56. The first-order chi connectivity index (χ1) is 8.13. The van der Waals surface area contributed by atoms with E-state index in [4.69, 9.17) is 10.9 Å². The third kappa shape index (κ3) is 4.80. The summed E-state index contributed by atoms with van der Waals surface area (Å²) in [6, 6.07) is 3.70. The van der Waals surface area contributed by atoms with E-state index in [9.17, 15) is 0 Å². The highest BCUT2D eigenvalue weighted by Gasteiger charge is 2.01. The molecule has 0 aliphatic rings. The van der Waals surface area contributed by atoms with Crippen molar-refractivity contribution in [1.82, 2.24) is 15.2 Å². The third-order valence-electron chi connectivity index (χ3n) is 2.26. The number of nitrogens with one attached hydrogen (secondary N) is 1. The van der Waals surface area contributed by atoms with Crippen molar-refractivity contribution in [2.75, 3.05) is 27.2 Å². The SMILES string of the molecule is CN(C)CCNCc1ccnc(/C(N)=N/O)c1. The quantitative estimate of drug-likeness (QED) is 0.210. The van der Waals surface area contributed by atoms with Crippen LogP contribution in [0.25, 0.3) is 0 Å². The molecule has 1 aromatic rings. The molecule has 1 heterocycles. The van der Waals surface area contributed by atoms with Crippen molar-refractivity contribution in [2.45, 2.75) is 6.54 Å². The molecule has 6 nitrogen and oxygen atoms in total. The fourth-order valence-electron chi connectivity index (χ4n) is 1.31. The van der Waals surface area contributed by atoms with Gasteiger partial charge in [0.15, 0.2) is 5.84 Å².